The number of fused-ring (bicyclic) bond motifs is 2. The Morgan fingerprint density at radius 3 is 2.72 bits per heavy atom. The third-order valence-electron chi connectivity index (χ3n) is 7.97. The molecular weight excluding hydrogens is 456 g/mol. The molecule has 9 nitrogen and oxygen atoms in total. The van der Waals surface area contributed by atoms with E-state index >= 15 is 0 Å². The van der Waals surface area contributed by atoms with Gasteiger partial charge in [0.1, 0.15) is 12.4 Å². The molecule has 2 aromatic rings. The minimum atomic E-state index is 0.0358. The molecule has 0 unspecified atom stereocenters. The topological polar surface area (TPSA) is 83.1 Å². The van der Waals surface area contributed by atoms with E-state index in [2.05, 4.69) is 38.8 Å². The monoisotopic (exact) mass is 490 g/mol. The van der Waals surface area contributed by atoms with Crippen LogP contribution in [0.4, 0.5) is 17.2 Å². The van der Waals surface area contributed by atoms with Crippen LogP contribution in [0.3, 0.4) is 0 Å². The molecule has 0 saturated carbocycles. The Bertz CT molecular complexity index is 1150. The molecule has 0 bridgehead atoms. The van der Waals surface area contributed by atoms with Crippen molar-refractivity contribution in [2.24, 2.45) is 0 Å². The molecule has 1 N–H and O–H groups in total. The van der Waals surface area contributed by atoms with Gasteiger partial charge in [-0.1, -0.05) is 6.58 Å². The third-order valence-corrected chi connectivity index (χ3v) is 7.97. The van der Waals surface area contributed by atoms with Crippen LogP contribution in [-0.4, -0.2) is 84.2 Å². The Morgan fingerprint density at radius 1 is 1.19 bits per heavy atom. The lowest BCUT2D eigenvalue weighted by molar-refractivity contribution is -0.133. The third kappa shape index (κ3) is 4.30. The van der Waals surface area contributed by atoms with Gasteiger partial charge in [0.05, 0.1) is 30.2 Å². The van der Waals surface area contributed by atoms with Gasteiger partial charge in [-0.3, -0.25) is 14.7 Å². The number of nitrogens with one attached hydrogen (secondary N) is 1. The molecule has 0 aliphatic carbocycles. The van der Waals surface area contributed by atoms with Gasteiger partial charge in [-0.25, -0.2) is 4.98 Å². The molecule has 0 aromatic carbocycles. The minimum Gasteiger partial charge on any atom is -0.485 e. The molecule has 190 valence electrons. The first-order chi connectivity index (χ1) is 17.6. The number of hydrogen-bond donors (Lipinski definition) is 1. The Balaban J connectivity index is 1.16. The van der Waals surface area contributed by atoms with Gasteiger partial charge in [0, 0.05) is 55.7 Å². The molecule has 6 rings (SSSR count). The van der Waals surface area contributed by atoms with Gasteiger partial charge in [-0.2, -0.15) is 0 Å². The van der Waals surface area contributed by atoms with Crippen LogP contribution < -0.4 is 15.0 Å². The quantitative estimate of drug-likeness (QED) is 0.656. The zero-order chi connectivity index (χ0) is 24.6. The van der Waals surface area contributed by atoms with Crippen LogP contribution >= 0.6 is 0 Å². The van der Waals surface area contributed by atoms with Gasteiger partial charge in [0.15, 0.2) is 5.75 Å². The van der Waals surface area contributed by atoms with E-state index in [-0.39, 0.29) is 5.91 Å². The number of morpholine rings is 1. The number of piperidine rings is 1. The molecular formula is C27H34N6O3. The van der Waals surface area contributed by atoms with Gasteiger partial charge < -0.3 is 24.6 Å². The normalized spacial score (nSPS) is 20.9. The van der Waals surface area contributed by atoms with Crippen molar-refractivity contribution in [1.29, 1.82) is 0 Å². The molecule has 2 aromatic heterocycles. The fraction of sp³-hybridized carbons (Fsp3) is 0.519. The van der Waals surface area contributed by atoms with Crippen LogP contribution in [0.1, 0.15) is 35.7 Å². The highest BCUT2D eigenvalue weighted by Gasteiger charge is 2.36. The number of ether oxygens (including phenoxy) is 2. The Labute approximate surface area is 212 Å². The second-order valence-corrected chi connectivity index (χ2v) is 10.1. The van der Waals surface area contributed by atoms with Crippen molar-refractivity contribution < 1.29 is 14.3 Å². The number of aryl methyl sites for hydroxylation is 1. The van der Waals surface area contributed by atoms with Crippen molar-refractivity contribution in [3.63, 3.8) is 0 Å². The SMILES string of the molecule is C=CC(=O)N1CC(N2CCC(c3cc4c(c(C)n3)OCc3c(N5CCOCC5)ccnc3N4)CC2)C1. The van der Waals surface area contributed by atoms with Gasteiger partial charge in [-0.15, -0.1) is 0 Å². The predicted octanol–water partition coefficient (Wildman–Crippen LogP) is 2.83. The molecule has 0 atom stereocenters. The molecule has 0 spiro atoms. The van der Waals surface area contributed by atoms with E-state index in [0.717, 1.165) is 105 Å². The maximum atomic E-state index is 11.8. The first kappa shape index (κ1) is 23.2. The zero-order valence-corrected chi connectivity index (χ0v) is 20.9. The number of aromatic nitrogens is 2. The summed E-state index contributed by atoms with van der Waals surface area (Å²) in [5, 5.41) is 3.58. The predicted molar refractivity (Wildman–Crippen MR) is 138 cm³/mol. The standard InChI is InChI=1S/C27H34N6O3/c1-3-25(34)33-15-20(16-33)31-8-5-19(6-9-31)22-14-23-26(18(2)29-22)36-17-21-24(4-7-28-27(21)30-23)32-10-12-35-13-11-32/h3-4,7,14,19-20H,1,5-6,8-13,15-17H2,2H3,(H,28,30). The van der Waals surface area contributed by atoms with Crippen LogP contribution in [0.2, 0.25) is 0 Å². The second kappa shape index (κ2) is 9.71. The van der Waals surface area contributed by atoms with Crippen molar-refractivity contribution in [2.75, 3.05) is 62.7 Å². The molecule has 6 heterocycles. The Morgan fingerprint density at radius 2 is 1.97 bits per heavy atom. The summed E-state index contributed by atoms with van der Waals surface area (Å²) in [7, 11) is 0. The summed E-state index contributed by atoms with van der Waals surface area (Å²) in [5.41, 5.74) is 5.21. The summed E-state index contributed by atoms with van der Waals surface area (Å²) >= 11 is 0. The van der Waals surface area contributed by atoms with Crippen LogP contribution in [-0.2, 0) is 16.1 Å². The van der Waals surface area contributed by atoms with E-state index in [9.17, 15) is 4.79 Å². The Kier molecular flexibility index (Phi) is 6.27. The Hall–Kier alpha value is -3.17. The van der Waals surface area contributed by atoms with E-state index in [1.807, 2.05) is 18.0 Å². The summed E-state index contributed by atoms with van der Waals surface area (Å²) in [6.45, 7) is 13.0. The minimum absolute atomic E-state index is 0.0358. The summed E-state index contributed by atoms with van der Waals surface area (Å²) < 4.78 is 11.9. The number of hydrogen-bond acceptors (Lipinski definition) is 8. The van der Waals surface area contributed by atoms with Crippen molar-refractivity contribution in [3.05, 3.63) is 47.9 Å². The number of carbonyl (C=O) groups is 1. The van der Waals surface area contributed by atoms with Crippen molar-refractivity contribution in [3.8, 4) is 5.75 Å². The highest BCUT2D eigenvalue weighted by Crippen LogP contribution is 2.40. The molecule has 3 fully saturated rings. The van der Waals surface area contributed by atoms with Crippen LogP contribution in [0, 0.1) is 6.92 Å². The van der Waals surface area contributed by atoms with E-state index in [4.69, 9.17) is 14.5 Å². The largest absolute Gasteiger partial charge is 0.485 e. The molecule has 3 saturated heterocycles. The van der Waals surface area contributed by atoms with Gasteiger partial charge in [0.2, 0.25) is 5.91 Å². The number of amides is 1. The second-order valence-electron chi connectivity index (χ2n) is 10.1. The van der Waals surface area contributed by atoms with Crippen molar-refractivity contribution in [2.45, 2.75) is 38.3 Å². The van der Waals surface area contributed by atoms with Gasteiger partial charge in [-0.05, 0) is 51.1 Å². The first-order valence-electron chi connectivity index (χ1n) is 13.0. The van der Waals surface area contributed by atoms with E-state index in [0.29, 0.717) is 18.6 Å². The summed E-state index contributed by atoms with van der Waals surface area (Å²) in [4.78, 5) is 28.1. The summed E-state index contributed by atoms with van der Waals surface area (Å²) in [6.07, 6.45) is 5.41. The smallest absolute Gasteiger partial charge is 0.246 e. The number of likely N-dealkylation sites (tertiary alicyclic amines) is 2. The number of carbonyl (C=O) groups excluding carboxylic acids is 1. The lowest BCUT2D eigenvalue weighted by Crippen LogP contribution is -2.61. The van der Waals surface area contributed by atoms with Crippen molar-refractivity contribution >= 4 is 23.1 Å². The highest BCUT2D eigenvalue weighted by molar-refractivity contribution is 5.87. The summed E-state index contributed by atoms with van der Waals surface area (Å²) in [6, 6.07) is 4.70. The maximum absolute atomic E-state index is 11.8. The van der Waals surface area contributed by atoms with Gasteiger partial charge in [0.25, 0.3) is 0 Å². The summed E-state index contributed by atoms with van der Waals surface area (Å²) in [5.74, 6) is 2.11. The lowest BCUT2D eigenvalue weighted by Gasteiger charge is -2.47. The number of rotatable bonds is 4. The molecule has 4 aliphatic rings. The average molecular weight is 491 g/mol. The number of anilines is 3. The number of nitrogens with zero attached hydrogens (tertiary/aromatic N) is 5. The molecule has 9 heteroatoms. The highest BCUT2D eigenvalue weighted by atomic mass is 16.5. The molecule has 1 amide bonds. The molecule has 36 heavy (non-hydrogen) atoms. The average Bonchev–Trinajstić information content (AvgIpc) is 3.08. The molecule has 0 radical (unpaired) electrons. The zero-order valence-electron chi connectivity index (χ0n) is 20.9. The van der Waals surface area contributed by atoms with Crippen LogP contribution in [0.5, 0.6) is 5.75 Å². The fourth-order valence-electron chi connectivity index (χ4n) is 5.83. The fourth-order valence-corrected chi connectivity index (χ4v) is 5.83. The van der Waals surface area contributed by atoms with Gasteiger partial charge >= 0.3 is 0 Å². The van der Waals surface area contributed by atoms with E-state index < -0.39 is 0 Å². The van der Waals surface area contributed by atoms with E-state index in [1.165, 1.54) is 6.08 Å². The van der Waals surface area contributed by atoms with Crippen LogP contribution in [0.25, 0.3) is 0 Å². The lowest BCUT2D eigenvalue weighted by atomic mass is 9.90. The van der Waals surface area contributed by atoms with E-state index in [1.54, 1.807) is 0 Å². The van der Waals surface area contributed by atoms with Crippen molar-refractivity contribution in [1.82, 2.24) is 19.8 Å². The number of pyridine rings is 2. The maximum Gasteiger partial charge on any atom is 0.246 e. The van der Waals surface area contributed by atoms with Crippen LogP contribution in [0.15, 0.2) is 31.0 Å². The molecule has 4 aliphatic heterocycles. The first-order valence-corrected chi connectivity index (χ1v) is 13.0.